The minimum Gasteiger partial charge on any atom is -0.399 e. The van der Waals surface area contributed by atoms with E-state index in [1.54, 1.807) is 6.07 Å². The number of rotatable bonds is 2. The van der Waals surface area contributed by atoms with Crippen molar-refractivity contribution in [3.8, 4) is 11.4 Å². The van der Waals surface area contributed by atoms with Gasteiger partial charge in [-0.25, -0.2) is 4.68 Å². The van der Waals surface area contributed by atoms with Crippen LogP contribution in [0, 0.1) is 23.7 Å². The monoisotopic (exact) mass is 301 g/mol. The van der Waals surface area contributed by atoms with Crippen molar-refractivity contribution in [1.82, 2.24) is 20.2 Å². The molecule has 3 fully saturated rings. The van der Waals surface area contributed by atoms with E-state index < -0.39 is 0 Å². The summed E-state index contributed by atoms with van der Waals surface area (Å²) < 4.78 is 2.00. The number of benzene rings is 1. The molecule has 5 rings (SSSR count). The number of nitrogens with zero attached hydrogens (tertiary/aromatic N) is 4. The minimum atomic E-state index is 0.471. The fourth-order valence-electron chi connectivity index (χ4n) is 4.89. The molecule has 4 unspecified atom stereocenters. The Bertz CT molecular complexity index is 711. The van der Waals surface area contributed by atoms with E-state index in [-0.39, 0.29) is 0 Å². The molecular weight excluding hydrogens is 286 g/mol. The van der Waals surface area contributed by atoms with Gasteiger partial charge in [0, 0.05) is 11.3 Å². The number of tetrazole rings is 1. The summed E-state index contributed by atoms with van der Waals surface area (Å²) in [5.41, 5.74) is 7.40. The quantitative estimate of drug-likeness (QED) is 0.866. The zero-order valence-corrected chi connectivity index (χ0v) is 12.2. The third kappa shape index (κ3) is 1.55. The summed E-state index contributed by atoms with van der Waals surface area (Å²) in [5, 5.41) is 13.0. The number of aromatic nitrogens is 4. The summed E-state index contributed by atoms with van der Waals surface area (Å²) in [4.78, 5) is 0. The zero-order chi connectivity index (χ0) is 14.1. The first-order chi connectivity index (χ1) is 10.2. The number of hydrogen-bond donors (Lipinski definition) is 1. The second kappa shape index (κ2) is 3.97. The molecule has 0 amide bonds. The van der Waals surface area contributed by atoms with Gasteiger partial charge in [0.2, 0.25) is 0 Å². The number of halogens is 1. The SMILES string of the molecule is Nc1ccc(Cl)c(-c2nnnn2C2C3C4CCC(C4)C32)c1. The smallest absolute Gasteiger partial charge is 0.183 e. The molecule has 108 valence electrons. The lowest BCUT2D eigenvalue weighted by Gasteiger charge is -2.11. The number of hydrogen-bond acceptors (Lipinski definition) is 4. The van der Waals surface area contributed by atoms with Gasteiger partial charge >= 0.3 is 0 Å². The summed E-state index contributed by atoms with van der Waals surface area (Å²) in [6.45, 7) is 0. The Kier molecular flexibility index (Phi) is 2.27. The summed E-state index contributed by atoms with van der Waals surface area (Å²) in [5.74, 6) is 4.10. The molecule has 4 atom stereocenters. The van der Waals surface area contributed by atoms with Gasteiger partial charge < -0.3 is 5.73 Å². The lowest BCUT2D eigenvalue weighted by molar-refractivity contribution is 0.427. The van der Waals surface area contributed by atoms with Crippen molar-refractivity contribution >= 4 is 17.3 Å². The standard InChI is InChI=1S/C15H16ClN5/c16-11-4-3-9(17)6-10(11)15-18-19-20-21(15)14-12-7-1-2-8(5-7)13(12)14/h3-4,6-8,12-14H,1-2,5,17H2. The Balaban J connectivity index is 1.56. The number of fused-ring (bicyclic) bond motifs is 5. The van der Waals surface area contributed by atoms with Crippen LogP contribution in [0.1, 0.15) is 25.3 Å². The fraction of sp³-hybridized carbons (Fsp3) is 0.533. The molecule has 1 aromatic carbocycles. The van der Waals surface area contributed by atoms with Crippen molar-refractivity contribution in [2.24, 2.45) is 23.7 Å². The molecule has 3 aliphatic rings. The Labute approximate surface area is 127 Å². The van der Waals surface area contributed by atoms with Crippen LogP contribution in [0.15, 0.2) is 18.2 Å². The summed E-state index contributed by atoms with van der Waals surface area (Å²) >= 11 is 6.31. The molecule has 1 heterocycles. The molecule has 5 nitrogen and oxygen atoms in total. The first-order valence-corrected chi connectivity index (χ1v) is 7.95. The Morgan fingerprint density at radius 2 is 1.95 bits per heavy atom. The van der Waals surface area contributed by atoms with E-state index >= 15 is 0 Å². The van der Waals surface area contributed by atoms with Crippen LogP contribution >= 0.6 is 11.6 Å². The highest BCUT2D eigenvalue weighted by Crippen LogP contribution is 2.71. The van der Waals surface area contributed by atoms with Gasteiger partial charge in [-0.1, -0.05) is 11.6 Å². The van der Waals surface area contributed by atoms with Crippen LogP contribution < -0.4 is 5.73 Å². The van der Waals surface area contributed by atoms with Gasteiger partial charge in [0.1, 0.15) is 0 Å². The van der Waals surface area contributed by atoms with E-state index in [1.807, 2.05) is 16.8 Å². The largest absolute Gasteiger partial charge is 0.399 e. The molecule has 0 radical (unpaired) electrons. The number of anilines is 1. The molecular formula is C15H16ClN5. The van der Waals surface area contributed by atoms with Crippen molar-refractivity contribution in [1.29, 1.82) is 0 Å². The molecule has 1 aromatic heterocycles. The van der Waals surface area contributed by atoms with Gasteiger partial charge in [-0.05, 0) is 71.6 Å². The summed E-state index contributed by atoms with van der Waals surface area (Å²) in [6.07, 6.45) is 4.19. The molecule has 2 N–H and O–H groups in total. The maximum absolute atomic E-state index is 6.31. The number of nitrogens with two attached hydrogens (primary N) is 1. The first-order valence-electron chi connectivity index (χ1n) is 7.57. The normalized spacial score (nSPS) is 36.0. The topological polar surface area (TPSA) is 69.6 Å². The van der Waals surface area contributed by atoms with Crippen LogP contribution in [0.4, 0.5) is 5.69 Å². The van der Waals surface area contributed by atoms with Crippen molar-refractivity contribution in [2.45, 2.75) is 25.3 Å². The zero-order valence-electron chi connectivity index (χ0n) is 11.5. The third-order valence-electron chi connectivity index (χ3n) is 5.70. The molecule has 3 aliphatic carbocycles. The molecule has 2 aromatic rings. The van der Waals surface area contributed by atoms with E-state index in [0.717, 1.165) is 35.1 Å². The molecule has 0 saturated heterocycles. The maximum Gasteiger partial charge on any atom is 0.183 e. The van der Waals surface area contributed by atoms with E-state index in [9.17, 15) is 0 Å². The summed E-state index contributed by atoms with van der Waals surface area (Å²) in [6, 6.07) is 5.94. The Hall–Kier alpha value is -1.62. The highest BCUT2D eigenvalue weighted by atomic mass is 35.5. The van der Waals surface area contributed by atoms with Crippen molar-refractivity contribution in [2.75, 3.05) is 5.73 Å². The molecule has 0 spiro atoms. The van der Waals surface area contributed by atoms with Crippen molar-refractivity contribution in [3.05, 3.63) is 23.2 Å². The minimum absolute atomic E-state index is 0.471. The lowest BCUT2D eigenvalue weighted by atomic mass is 10.0. The highest BCUT2D eigenvalue weighted by Gasteiger charge is 2.66. The molecule has 0 aliphatic heterocycles. The van der Waals surface area contributed by atoms with Gasteiger partial charge in [-0.2, -0.15) is 0 Å². The van der Waals surface area contributed by atoms with Gasteiger partial charge in [-0.3, -0.25) is 0 Å². The van der Waals surface area contributed by atoms with Gasteiger partial charge in [0.25, 0.3) is 0 Å². The van der Waals surface area contributed by atoms with Crippen LogP contribution in [0.5, 0.6) is 0 Å². The van der Waals surface area contributed by atoms with E-state index in [4.69, 9.17) is 17.3 Å². The lowest BCUT2D eigenvalue weighted by Crippen LogP contribution is -2.08. The van der Waals surface area contributed by atoms with Crippen LogP contribution in [-0.4, -0.2) is 20.2 Å². The third-order valence-corrected chi connectivity index (χ3v) is 6.03. The van der Waals surface area contributed by atoms with Crippen molar-refractivity contribution in [3.63, 3.8) is 0 Å². The highest BCUT2D eigenvalue weighted by molar-refractivity contribution is 6.33. The van der Waals surface area contributed by atoms with E-state index in [2.05, 4.69) is 15.5 Å². The predicted molar refractivity (Wildman–Crippen MR) is 79.5 cm³/mol. The molecule has 3 saturated carbocycles. The average Bonchev–Trinajstić information content (AvgIpc) is 2.90. The van der Waals surface area contributed by atoms with Crippen LogP contribution in [0.2, 0.25) is 5.02 Å². The van der Waals surface area contributed by atoms with Crippen molar-refractivity contribution < 1.29 is 0 Å². The van der Waals surface area contributed by atoms with E-state index in [0.29, 0.717) is 16.8 Å². The molecule has 21 heavy (non-hydrogen) atoms. The van der Waals surface area contributed by atoms with Crippen LogP contribution in [0.25, 0.3) is 11.4 Å². The Morgan fingerprint density at radius 1 is 1.19 bits per heavy atom. The number of nitrogen functional groups attached to an aromatic ring is 1. The maximum atomic E-state index is 6.31. The molecule has 6 heteroatoms. The van der Waals surface area contributed by atoms with Gasteiger partial charge in [0.05, 0.1) is 11.1 Å². The second-order valence-corrected chi connectivity index (χ2v) is 7.07. The Morgan fingerprint density at radius 3 is 2.71 bits per heavy atom. The summed E-state index contributed by atoms with van der Waals surface area (Å²) in [7, 11) is 0. The predicted octanol–water partition coefficient (Wildman–Crippen LogP) is 2.79. The van der Waals surface area contributed by atoms with Crippen LogP contribution in [0.3, 0.4) is 0 Å². The van der Waals surface area contributed by atoms with Crippen LogP contribution in [-0.2, 0) is 0 Å². The van der Waals surface area contributed by atoms with E-state index in [1.165, 1.54) is 19.3 Å². The fourth-order valence-corrected chi connectivity index (χ4v) is 5.09. The molecule has 2 bridgehead atoms. The second-order valence-electron chi connectivity index (χ2n) is 6.66. The van der Waals surface area contributed by atoms with Gasteiger partial charge in [-0.15, -0.1) is 5.10 Å². The first kappa shape index (κ1) is 12.0. The van der Waals surface area contributed by atoms with Gasteiger partial charge in [0.15, 0.2) is 5.82 Å². The average molecular weight is 302 g/mol.